The van der Waals surface area contributed by atoms with Gasteiger partial charge in [-0.1, -0.05) is 57.8 Å². The highest BCUT2D eigenvalue weighted by Gasteiger charge is 2.42. The van der Waals surface area contributed by atoms with Crippen LogP contribution < -0.4 is 5.43 Å². The fourth-order valence-electron chi connectivity index (χ4n) is 4.25. The summed E-state index contributed by atoms with van der Waals surface area (Å²) < 4.78 is 7.70. The molecule has 0 aliphatic carbocycles. The summed E-state index contributed by atoms with van der Waals surface area (Å²) >= 11 is 6.96. The monoisotopic (exact) mass is 546 g/mol. The Balaban J connectivity index is 1.81. The second-order valence-electron chi connectivity index (χ2n) is 7.65. The highest BCUT2D eigenvalue weighted by Crippen LogP contribution is 2.39. The van der Waals surface area contributed by atoms with Crippen molar-refractivity contribution in [2.24, 2.45) is 0 Å². The fourth-order valence-corrected chi connectivity index (χ4v) is 5.03. The number of rotatable bonds is 7. The van der Waals surface area contributed by atoms with Crippen molar-refractivity contribution in [1.29, 1.82) is 0 Å². The van der Waals surface area contributed by atoms with Crippen LogP contribution in [0.2, 0.25) is 0 Å². The number of nitrogens with zero attached hydrogens (tertiary/aromatic N) is 2. The molecule has 1 atom stereocenters. The van der Waals surface area contributed by atoms with Crippen LogP contribution in [-0.4, -0.2) is 41.9 Å². The molecule has 2 aromatic carbocycles. The molecule has 0 saturated heterocycles. The topological polar surface area (TPSA) is 53.8 Å². The molecule has 2 heterocycles. The van der Waals surface area contributed by atoms with Crippen LogP contribution in [-0.2, 0) is 0 Å². The van der Waals surface area contributed by atoms with Crippen molar-refractivity contribution in [3.05, 3.63) is 78.5 Å². The van der Waals surface area contributed by atoms with E-state index in [1.165, 1.54) is 0 Å². The van der Waals surface area contributed by atoms with E-state index in [9.17, 15) is 9.59 Å². The summed E-state index contributed by atoms with van der Waals surface area (Å²) in [6, 6.07) is 12.6. The van der Waals surface area contributed by atoms with E-state index in [0.29, 0.717) is 23.1 Å². The molecule has 0 fully saturated rings. The largest absolute Gasteiger partial charge is 0.450 e. The first kappa shape index (κ1) is 22.2. The summed E-state index contributed by atoms with van der Waals surface area (Å²) in [5.74, 6) is -0.0610. The lowest BCUT2D eigenvalue weighted by molar-refractivity contribution is 0.0720. The van der Waals surface area contributed by atoms with E-state index in [0.717, 1.165) is 40.6 Å². The Morgan fingerprint density at radius 3 is 2.48 bits per heavy atom. The lowest BCUT2D eigenvalue weighted by Gasteiger charge is -2.26. The van der Waals surface area contributed by atoms with E-state index < -0.39 is 6.04 Å². The fraction of sp³-hybridized carbons (Fsp3) is 0.333. The maximum atomic E-state index is 13.5. The molecule has 4 rings (SSSR count). The second-order valence-corrected chi connectivity index (χ2v) is 9.48. The van der Waals surface area contributed by atoms with Gasteiger partial charge in [0.25, 0.3) is 5.91 Å². The average Bonchev–Trinajstić information content (AvgIpc) is 3.04. The lowest BCUT2D eigenvalue weighted by Crippen LogP contribution is -2.33. The van der Waals surface area contributed by atoms with Gasteiger partial charge < -0.3 is 14.2 Å². The highest BCUT2D eigenvalue weighted by atomic mass is 79.9. The number of fused-ring (bicyclic) bond motifs is 2. The Morgan fingerprint density at radius 2 is 1.77 bits per heavy atom. The summed E-state index contributed by atoms with van der Waals surface area (Å²) in [4.78, 5) is 31.0. The van der Waals surface area contributed by atoms with E-state index in [-0.39, 0.29) is 17.1 Å². The molecule has 31 heavy (non-hydrogen) atoms. The first-order chi connectivity index (χ1) is 14.9. The Kier molecular flexibility index (Phi) is 6.65. The van der Waals surface area contributed by atoms with E-state index in [4.69, 9.17) is 4.42 Å². The molecule has 5 nitrogen and oxygen atoms in total. The van der Waals surface area contributed by atoms with Crippen LogP contribution in [0.3, 0.4) is 0 Å². The molecule has 1 aromatic heterocycles. The van der Waals surface area contributed by atoms with E-state index in [1.54, 1.807) is 17.0 Å². The predicted octanol–water partition coefficient (Wildman–Crippen LogP) is 5.60. The SMILES string of the molecule is CCN(CC)CCCN1C(=O)c2oc3ccc(Br)cc3c(=O)c2[C@H]1c1cccc(Br)c1. The minimum Gasteiger partial charge on any atom is -0.450 e. The number of hydrogen-bond donors (Lipinski definition) is 0. The molecule has 1 aliphatic rings. The summed E-state index contributed by atoms with van der Waals surface area (Å²) in [6.45, 7) is 7.67. The molecule has 0 bridgehead atoms. The standard InChI is InChI=1S/C24H24Br2N2O3/c1-3-27(4-2)11-6-12-28-21(15-7-5-8-16(25)13-15)20-22(29)18-14-17(26)9-10-19(18)31-23(20)24(28)30/h5,7-10,13-14,21H,3-4,6,11-12H2,1-2H3/t21-/m1/s1. The van der Waals surface area contributed by atoms with Gasteiger partial charge in [0.05, 0.1) is 17.0 Å². The summed E-state index contributed by atoms with van der Waals surface area (Å²) in [5.41, 5.74) is 1.60. The van der Waals surface area contributed by atoms with Crippen molar-refractivity contribution in [2.45, 2.75) is 26.3 Å². The van der Waals surface area contributed by atoms with Crippen molar-refractivity contribution < 1.29 is 9.21 Å². The Bertz CT molecular complexity index is 1190. The highest BCUT2D eigenvalue weighted by molar-refractivity contribution is 9.10. The minimum atomic E-state index is -0.462. The van der Waals surface area contributed by atoms with Gasteiger partial charge in [-0.15, -0.1) is 0 Å². The number of carbonyl (C=O) groups is 1. The van der Waals surface area contributed by atoms with Crippen LogP contribution >= 0.6 is 31.9 Å². The van der Waals surface area contributed by atoms with Crippen LogP contribution in [0.25, 0.3) is 11.0 Å². The molecule has 1 amide bonds. The molecule has 3 aromatic rings. The van der Waals surface area contributed by atoms with Crippen LogP contribution in [0, 0.1) is 0 Å². The van der Waals surface area contributed by atoms with Crippen molar-refractivity contribution in [2.75, 3.05) is 26.2 Å². The maximum absolute atomic E-state index is 13.5. The van der Waals surface area contributed by atoms with Crippen LogP contribution in [0.15, 0.2) is 60.6 Å². The van der Waals surface area contributed by atoms with E-state index >= 15 is 0 Å². The summed E-state index contributed by atoms with van der Waals surface area (Å²) in [6.07, 6.45) is 0.825. The zero-order valence-corrected chi connectivity index (χ0v) is 20.7. The third-order valence-electron chi connectivity index (χ3n) is 5.86. The summed E-state index contributed by atoms with van der Waals surface area (Å²) in [7, 11) is 0. The molecular formula is C24H24Br2N2O3. The number of benzene rings is 2. The van der Waals surface area contributed by atoms with Gasteiger partial charge in [0.2, 0.25) is 5.76 Å². The molecule has 0 radical (unpaired) electrons. The molecule has 0 saturated carbocycles. The second kappa shape index (κ2) is 9.27. The molecule has 162 valence electrons. The van der Waals surface area contributed by atoms with Crippen LogP contribution in [0.4, 0.5) is 0 Å². The van der Waals surface area contributed by atoms with Gasteiger partial charge in [0.15, 0.2) is 5.43 Å². The number of hydrogen-bond acceptors (Lipinski definition) is 4. The Labute approximate surface area is 198 Å². The molecular weight excluding hydrogens is 524 g/mol. The van der Waals surface area contributed by atoms with Gasteiger partial charge in [-0.3, -0.25) is 9.59 Å². The van der Waals surface area contributed by atoms with Crippen LogP contribution in [0.1, 0.15) is 48.0 Å². The lowest BCUT2D eigenvalue weighted by atomic mass is 9.98. The minimum absolute atomic E-state index is 0.151. The third kappa shape index (κ3) is 4.23. The van der Waals surface area contributed by atoms with Crippen LogP contribution in [0.5, 0.6) is 0 Å². The van der Waals surface area contributed by atoms with Gasteiger partial charge in [-0.25, -0.2) is 0 Å². The number of carbonyl (C=O) groups excluding carboxylic acids is 1. The van der Waals surface area contributed by atoms with Gasteiger partial charge >= 0.3 is 0 Å². The average molecular weight is 548 g/mol. The zero-order valence-electron chi connectivity index (χ0n) is 17.5. The summed E-state index contributed by atoms with van der Waals surface area (Å²) in [5, 5.41) is 0.478. The molecule has 0 N–H and O–H groups in total. The first-order valence-corrected chi connectivity index (χ1v) is 12.1. The van der Waals surface area contributed by atoms with E-state index in [1.807, 2.05) is 30.3 Å². The Hall–Kier alpha value is -1.96. The quantitative estimate of drug-likeness (QED) is 0.386. The molecule has 0 unspecified atom stereocenters. The first-order valence-electron chi connectivity index (χ1n) is 10.5. The third-order valence-corrected chi connectivity index (χ3v) is 6.85. The van der Waals surface area contributed by atoms with Gasteiger partial charge in [-0.05, 0) is 62.0 Å². The van der Waals surface area contributed by atoms with E-state index in [2.05, 4.69) is 50.6 Å². The normalized spacial score (nSPS) is 15.8. The molecule has 1 aliphatic heterocycles. The molecule has 0 spiro atoms. The number of amides is 1. The van der Waals surface area contributed by atoms with Gasteiger partial charge in [-0.2, -0.15) is 0 Å². The Morgan fingerprint density at radius 1 is 1.03 bits per heavy atom. The number of halogens is 2. The van der Waals surface area contributed by atoms with Crippen molar-refractivity contribution in [3.63, 3.8) is 0 Å². The van der Waals surface area contributed by atoms with Crippen molar-refractivity contribution in [1.82, 2.24) is 9.80 Å². The molecule has 7 heteroatoms. The predicted molar refractivity (Wildman–Crippen MR) is 130 cm³/mol. The van der Waals surface area contributed by atoms with Gasteiger partial charge in [0, 0.05) is 15.5 Å². The zero-order chi connectivity index (χ0) is 22.1. The van der Waals surface area contributed by atoms with Gasteiger partial charge in [0.1, 0.15) is 5.58 Å². The van der Waals surface area contributed by atoms with Crippen molar-refractivity contribution >= 4 is 48.7 Å². The maximum Gasteiger partial charge on any atom is 0.290 e. The van der Waals surface area contributed by atoms with Crippen molar-refractivity contribution in [3.8, 4) is 0 Å². The smallest absolute Gasteiger partial charge is 0.290 e.